The molecule has 0 spiro atoms. The molecule has 0 aliphatic rings. The summed E-state index contributed by atoms with van der Waals surface area (Å²) in [5.41, 5.74) is 2.63. The molecule has 0 radical (unpaired) electrons. The highest BCUT2D eigenvalue weighted by atomic mass is 35.5. The molecule has 0 saturated heterocycles. The van der Waals surface area contributed by atoms with E-state index < -0.39 is 6.10 Å². The van der Waals surface area contributed by atoms with Crippen molar-refractivity contribution in [2.24, 2.45) is 0 Å². The molecule has 7 heteroatoms. The zero-order valence-corrected chi connectivity index (χ0v) is 14.4. The van der Waals surface area contributed by atoms with Gasteiger partial charge in [0.1, 0.15) is 0 Å². The topological polar surface area (TPSA) is 63.8 Å². The van der Waals surface area contributed by atoms with Crippen molar-refractivity contribution in [3.05, 3.63) is 27.0 Å². The van der Waals surface area contributed by atoms with Crippen LogP contribution in [-0.4, -0.2) is 24.5 Å². The Morgan fingerprint density at radius 1 is 1.33 bits per heavy atom. The van der Waals surface area contributed by atoms with Gasteiger partial charge in [-0.1, -0.05) is 36.9 Å². The highest BCUT2D eigenvalue weighted by Gasteiger charge is 2.23. The maximum atomic E-state index is 10.5. The molecule has 0 fully saturated rings. The number of aliphatic hydroxyl groups excluding tert-OH is 1. The van der Waals surface area contributed by atoms with Crippen LogP contribution in [0.1, 0.15) is 61.7 Å². The molecule has 0 aliphatic heterocycles. The van der Waals surface area contributed by atoms with Gasteiger partial charge in [0.05, 0.1) is 33.1 Å². The Hall–Kier alpha value is -0.980. The van der Waals surface area contributed by atoms with Crippen molar-refractivity contribution in [2.45, 2.75) is 59.1 Å². The van der Waals surface area contributed by atoms with E-state index in [0.717, 1.165) is 34.9 Å². The quantitative estimate of drug-likeness (QED) is 0.883. The third kappa shape index (κ3) is 3.27. The van der Waals surface area contributed by atoms with Gasteiger partial charge in [0.15, 0.2) is 0 Å². The van der Waals surface area contributed by atoms with Crippen LogP contribution in [0, 0.1) is 0 Å². The number of aryl methyl sites for hydroxylation is 2. The second kappa shape index (κ2) is 6.85. The van der Waals surface area contributed by atoms with Crippen molar-refractivity contribution in [1.82, 2.24) is 19.4 Å². The molecule has 2 aromatic rings. The molecule has 116 valence electrons. The molecular formula is C14H21ClN4OS. The molecule has 1 unspecified atom stereocenters. The summed E-state index contributed by atoms with van der Waals surface area (Å²) in [6, 6.07) is 0. The lowest BCUT2D eigenvalue weighted by molar-refractivity contribution is 0.177. The number of halogens is 1. The van der Waals surface area contributed by atoms with Crippen LogP contribution >= 0.6 is 23.1 Å². The zero-order chi connectivity index (χ0) is 15.6. The first-order chi connectivity index (χ1) is 9.99. The Kier molecular flexibility index (Phi) is 5.35. The van der Waals surface area contributed by atoms with E-state index in [1.165, 1.54) is 11.5 Å². The molecule has 2 heterocycles. The van der Waals surface area contributed by atoms with Gasteiger partial charge >= 0.3 is 0 Å². The van der Waals surface area contributed by atoms with Crippen molar-refractivity contribution in [1.29, 1.82) is 0 Å². The van der Waals surface area contributed by atoms with Crippen LogP contribution in [0.4, 0.5) is 0 Å². The largest absolute Gasteiger partial charge is 0.387 e. The van der Waals surface area contributed by atoms with E-state index in [1.54, 1.807) is 0 Å². The summed E-state index contributed by atoms with van der Waals surface area (Å²) in [6.07, 6.45) is 0.573. The van der Waals surface area contributed by atoms with E-state index in [-0.39, 0.29) is 5.92 Å². The van der Waals surface area contributed by atoms with Crippen LogP contribution in [0.3, 0.4) is 0 Å². The first-order valence-corrected chi connectivity index (χ1v) is 8.38. The van der Waals surface area contributed by atoms with E-state index in [4.69, 9.17) is 11.6 Å². The van der Waals surface area contributed by atoms with Gasteiger partial charge in [0, 0.05) is 13.0 Å². The van der Waals surface area contributed by atoms with Gasteiger partial charge in [-0.25, -0.2) is 0 Å². The van der Waals surface area contributed by atoms with Gasteiger partial charge in [-0.3, -0.25) is 4.68 Å². The van der Waals surface area contributed by atoms with E-state index in [2.05, 4.69) is 14.7 Å². The van der Waals surface area contributed by atoms with Crippen molar-refractivity contribution >= 4 is 23.1 Å². The summed E-state index contributed by atoms with van der Waals surface area (Å²) < 4.78 is 5.84. The van der Waals surface area contributed by atoms with Gasteiger partial charge in [0.25, 0.3) is 0 Å². The number of rotatable bonds is 6. The zero-order valence-electron chi connectivity index (χ0n) is 12.8. The number of aliphatic hydroxyl groups is 1. The predicted molar refractivity (Wildman–Crippen MR) is 85.0 cm³/mol. The molecule has 1 N–H and O–H groups in total. The fourth-order valence-corrected chi connectivity index (χ4v) is 3.46. The molecule has 1 atom stereocenters. The summed E-state index contributed by atoms with van der Waals surface area (Å²) >= 11 is 7.65. The molecule has 5 nitrogen and oxygen atoms in total. The number of hydrogen-bond acceptors (Lipinski definition) is 5. The van der Waals surface area contributed by atoms with E-state index in [9.17, 15) is 5.11 Å². The summed E-state index contributed by atoms with van der Waals surface area (Å²) in [4.78, 5) is 0.822. The van der Waals surface area contributed by atoms with Crippen LogP contribution in [0.2, 0.25) is 5.02 Å². The number of nitrogens with zero attached hydrogens (tertiary/aromatic N) is 4. The lowest BCUT2D eigenvalue weighted by atomic mass is 10.0. The summed E-state index contributed by atoms with van der Waals surface area (Å²) in [7, 11) is 0. The molecular weight excluding hydrogens is 308 g/mol. The minimum atomic E-state index is -0.647. The monoisotopic (exact) mass is 328 g/mol. The van der Waals surface area contributed by atoms with Crippen molar-refractivity contribution in [3.63, 3.8) is 0 Å². The van der Waals surface area contributed by atoms with Gasteiger partial charge in [-0.2, -0.15) is 5.10 Å². The average Bonchev–Trinajstić information content (AvgIpc) is 3.05. The van der Waals surface area contributed by atoms with Crippen LogP contribution in [0.15, 0.2) is 0 Å². The molecule has 0 aromatic carbocycles. The lowest BCUT2D eigenvalue weighted by Crippen LogP contribution is -2.09. The fourth-order valence-electron chi connectivity index (χ4n) is 2.32. The van der Waals surface area contributed by atoms with E-state index in [0.29, 0.717) is 11.4 Å². The standard InChI is InChI=1S/C14H21ClN4OS/c1-5-9-12(15)10(19(6-2)17-9)7-11(20)14-13(8(3)4)16-18-21-14/h8,11,20H,5-7H2,1-4H3. The third-order valence-electron chi connectivity index (χ3n) is 3.47. The number of aromatic nitrogens is 4. The first-order valence-electron chi connectivity index (χ1n) is 7.23. The van der Waals surface area contributed by atoms with Gasteiger partial charge in [-0.15, -0.1) is 5.10 Å². The maximum Gasteiger partial charge on any atom is 0.0972 e. The van der Waals surface area contributed by atoms with E-state index >= 15 is 0 Å². The molecule has 0 bridgehead atoms. The molecule has 2 aromatic heterocycles. The Morgan fingerprint density at radius 3 is 2.62 bits per heavy atom. The molecule has 0 amide bonds. The molecule has 2 rings (SSSR count). The second-order valence-electron chi connectivity index (χ2n) is 5.27. The van der Waals surface area contributed by atoms with Gasteiger partial charge in [0.2, 0.25) is 0 Å². The minimum Gasteiger partial charge on any atom is -0.387 e. The van der Waals surface area contributed by atoms with Crippen LogP contribution in [-0.2, 0) is 19.4 Å². The molecule has 0 saturated carbocycles. The Balaban J connectivity index is 2.29. The normalized spacial score (nSPS) is 13.1. The smallest absolute Gasteiger partial charge is 0.0972 e. The fraction of sp³-hybridized carbons (Fsp3) is 0.643. The first kappa shape index (κ1) is 16.4. The Labute approximate surface area is 134 Å². The molecule has 0 aliphatic carbocycles. The summed E-state index contributed by atoms with van der Waals surface area (Å²) in [5.74, 6) is 0.242. The highest BCUT2D eigenvalue weighted by Crippen LogP contribution is 2.31. The second-order valence-corrected chi connectivity index (χ2v) is 6.44. The maximum absolute atomic E-state index is 10.5. The Morgan fingerprint density at radius 2 is 2.05 bits per heavy atom. The van der Waals surface area contributed by atoms with Crippen LogP contribution in [0.25, 0.3) is 0 Å². The Bertz CT molecular complexity index is 608. The SMILES string of the molecule is CCc1nn(CC)c(CC(O)c2snnc2C(C)C)c1Cl. The third-order valence-corrected chi connectivity index (χ3v) is 4.75. The van der Waals surface area contributed by atoms with Crippen molar-refractivity contribution in [2.75, 3.05) is 0 Å². The van der Waals surface area contributed by atoms with Crippen molar-refractivity contribution < 1.29 is 5.11 Å². The summed E-state index contributed by atoms with van der Waals surface area (Å²) in [6.45, 7) is 8.88. The minimum absolute atomic E-state index is 0.242. The van der Waals surface area contributed by atoms with Gasteiger partial charge < -0.3 is 5.11 Å². The van der Waals surface area contributed by atoms with Crippen molar-refractivity contribution in [3.8, 4) is 0 Å². The summed E-state index contributed by atoms with van der Waals surface area (Å²) in [5, 5.41) is 19.8. The highest BCUT2D eigenvalue weighted by molar-refractivity contribution is 7.05. The van der Waals surface area contributed by atoms with E-state index in [1.807, 2.05) is 32.4 Å². The average molecular weight is 329 g/mol. The van der Waals surface area contributed by atoms with Gasteiger partial charge in [-0.05, 0) is 30.8 Å². The predicted octanol–water partition coefficient (Wildman–Crippen LogP) is 3.37. The van der Waals surface area contributed by atoms with Crippen LogP contribution in [0.5, 0.6) is 0 Å². The molecule has 21 heavy (non-hydrogen) atoms. The lowest BCUT2D eigenvalue weighted by Gasteiger charge is -2.12. The van der Waals surface area contributed by atoms with Crippen LogP contribution < -0.4 is 0 Å². The number of hydrogen-bond donors (Lipinski definition) is 1.